The molecule has 1 N–H and O–H groups in total. The van der Waals surface area contributed by atoms with Gasteiger partial charge in [0.1, 0.15) is 11.6 Å². The number of amides is 1. The first kappa shape index (κ1) is 18.1. The van der Waals surface area contributed by atoms with E-state index in [2.05, 4.69) is 9.71 Å². The van der Waals surface area contributed by atoms with Crippen LogP contribution in [0.1, 0.15) is 6.92 Å². The first-order valence-electron chi connectivity index (χ1n) is 8.10. The van der Waals surface area contributed by atoms with E-state index in [1.807, 2.05) is 4.90 Å². The Morgan fingerprint density at radius 3 is 2.27 bits per heavy atom. The number of halogens is 1. The van der Waals surface area contributed by atoms with Gasteiger partial charge in [-0.3, -0.25) is 9.52 Å². The van der Waals surface area contributed by atoms with E-state index in [4.69, 9.17) is 0 Å². The quantitative estimate of drug-likeness (QED) is 0.876. The van der Waals surface area contributed by atoms with E-state index in [1.165, 1.54) is 18.3 Å². The number of carbonyl (C=O) groups excluding carboxylic acids is 1. The molecule has 0 saturated carbocycles. The Kier molecular flexibility index (Phi) is 5.08. The number of aromatic nitrogens is 1. The van der Waals surface area contributed by atoms with E-state index in [1.54, 1.807) is 24.0 Å². The second kappa shape index (κ2) is 7.28. The van der Waals surface area contributed by atoms with Crippen LogP contribution in [0.3, 0.4) is 0 Å². The highest BCUT2D eigenvalue weighted by molar-refractivity contribution is 7.92. The number of benzene rings is 1. The largest absolute Gasteiger partial charge is 0.353 e. The van der Waals surface area contributed by atoms with Gasteiger partial charge in [-0.15, -0.1) is 0 Å². The van der Waals surface area contributed by atoms with Gasteiger partial charge in [0.15, 0.2) is 0 Å². The Bertz CT molecular complexity index is 877. The van der Waals surface area contributed by atoms with Crippen LogP contribution >= 0.6 is 0 Å². The molecule has 1 amide bonds. The van der Waals surface area contributed by atoms with Crippen LogP contribution in [0.25, 0.3) is 0 Å². The summed E-state index contributed by atoms with van der Waals surface area (Å²) in [4.78, 5) is 19.5. The van der Waals surface area contributed by atoms with Gasteiger partial charge < -0.3 is 9.80 Å². The maximum Gasteiger partial charge on any atom is 0.261 e. The topological polar surface area (TPSA) is 82.6 Å². The van der Waals surface area contributed by atoms with Crippen molar-refractivity contribution >= 4 is 27.4 Å². The van der Waals surface area contributed by atoms with E-state index in [0.29, 0.717) is 31.9 Å². The minimum absolute atomic E-state index is 0.0247. The highest BCUT2D eigenvalue weighted by Gasteiger charge is 2.20. The zero-order valence-electron chi connectivity index (χ0n) is 14.2. The van der Waals surface area contributed by atoms with Crippen LogP contribution in [-0.2, 0) is 14.8 Å². The lowest BCUT2D eigenvalue weighted by Crippen LogP contribution is -2.48. The molecule has 1 aromatic heterocycles. The van der Waals surface area contributed by atoms with Crippen molar-refractivity contribution in [1.29, 1.82) is 0 Å². The van der Waals surface area contributed by atoms with Gasteiger partial charge in [-0.2, -0.15) is 0 Å². The monoisotopic (exact) mass is 378 g/mol. The van der Waals surface area contributed by atoms with E-state index in [9.17, 15) is 17.6 Å². The number of carbonyl (C=O) groups is 1. The summed E-state index contributed by atoms with van der Waals surface area (Å²) in [5.74, 6) is 0.279. The first-order valence-corrected chi connectivity index (χ1v) is 9.58. The summed E-state index contributed by atoms with van der Waals surface area (Å²) in [7, 11) is -3.80. The van der Waals surface area contributed by atoms with E-state index < -0.39 is 15.8 Å². The predicted octanol–water partition coefficient (Wildman–Crippen LogP) is 1.69. The maximum atomic E-state index is 12.9. The van der Waals surface area contributed by atoms with Crippen molar-refractivity contribution in [1.82, 2.24) is 9.88 Å². The molecule has 1 aliphatic rings. The molecule has 0 atom stereocenters. The fraction of sp³-hybridized carbons (Fsp3) is 0.294. The summed E-state index contributed by atoms with van der Waals surface area (Å²) >= 11 is 0. The zero-order valence-corrected chi connectivity index (χ0v) is 15.0. The third-order valence-electron chi connectivity index (χ3n) is 4.17. The normalized spacial score (nSPS) is 15.0. The van der Waals surface area contributed by atoms with Crippen LogP contribution < -0.4 is 9.62 Å². The summed E-state index contributed by atoms with van der Waals surface area (Å²) < 4.78 is 39.9. The molecule has 0 aliphatic carbocycles. The van der Waals surface area contributed by atoms with Crippen molar-refractivity contribution in [2.24, 2.45) is 0 Å². The van der Waals surface area contributed by atoms with Crippen molar-refractivity contribution in [3.63, 3.8) is 0 Å². The van der Waals surface area contributed by atoms with Crippen molar-refractivity contribution in [2.75, 3.05) is 35.8 Å². The Balaban J connectivity index is 1.66. The van der Waals surface area contributed by atoms with Gasteiger partial charge in [0.05, 0.1) is 16.8 Å². The molecule has 1 aliphatic heterocycles. The number of rotatable bonds is 4. The van der Waals surface area contributed by atoms with E-state index >= 15 is 0 Å². The summed E-state index contributed by atoms with van der Waals surface area (Å²) in [6, 6.07) is 7.95. The van der Waals surface area contributed by atoms with Crippen LogP contribution in [-0.4, -0.2) is 50.4 Å². The van der Waals surface area contributed by atoms with Crippen molar-refractivity contribution in [3.8, 4) is 0 Å². The smallest absolute Gasteiger partial charge is 0.261 e. The SMILES string of the molecule is CC(=O)N1CCN(c2ccc(NS(=O)(=O)c3ccc(F)cc3)cn2)CC1. The summed E-state index contributed by atoms with van der Waals surface area (Å²) in [5.41, 5.74) is 0.320. The third-order valence-corrected chi connectivity index (χ3v) is 5.57. The molecule has 0 radical (unpaired) electrons. The second-order valence-electron chi connectivity index (χ2n) is 5.96. The van der Waals surface area contributed by atoms with Gasteiger partial charge in [-0.1, -0.05) is 0 Å². The summed E-state index contributed by atoms with van der Waals surface area (Å²) in [5, 5.41) is 0. The standard InChI is InChI=1S/C17H19FN4O3S/c1-13(23)21-8-10-22(11-9-21)17-7-4-15(12-19-17)20-26(24,25)16-5-2-14(18)3-6-16/h2-7,12,20H,8-11H2,1H3. The lowest BCUT2D eigenvalue weighted by Gasteiger charge is -2.34. The second-order valence-corrected chi connectivity index (χ2v) is 7.64. The minimum Gasteiger partial charge on any atom is -0.353 e. The summed E-state index contributed by atoms with van der Waals surface area (Å²) in [6.45, 7) is 4.17. The Morgan fingerprint density at radius 1 is 1.08 bits per heavy atom. The van der Waals surface area contributed by atoms with Crippen LogP contribution in [0.15, 0.2) is 47.5 Å². The molecule has 0 unspecified atom stereocenters. The first-order chi connectivity index (χ1) is 12.3. The van der Waals surface area contributed by atoms with Crippen LogP contribution in [0, 0.1) is 5.82 Å². The number of nitrogens with zero attached hydrogens (tertiary/aromatic N) is 3. The number of anilines is 2. The van der Waals surface area contributed by atoms with E-state index in [0.717, 1.165) is 18.0 Å². The molecule has 9 heteroatoms. The molecule has 3 rings (SSSR count). The van der Waals surface area contributed by atoms with Gasteiger partial charge >= 0.3 is 0 Å². The number of hydrogen-bond acceptors (Lipinski definition) is 5. The van der Waals surface area contributed by atoms with Crippen LogP contribution in [0.5, 0.6) is 0 Å². The highest BCUT2D eigenvalue weighted by atomic mass is 32.2. The van der Waals surface area contributed by atoms with Gasteiger partial charge in [0.2, 0.25) is 5.91 Å². The van der Waals surface area contributed by atoms with E-state index in [-0.39, 0.29) is 10.8 Å². The Morgan fingerprint density at radius 2 is 1.73 bits per heavy atom. The number of pyridine rings is 1. The molecule has 2 aromatic rings. The fourth-order valence-electron chi connectivity index (χ4n) is 2.71. The van der Waals surface area contributed by atoms with Gasteiger partial charge in [-0.05, 0) is 36.4 Å². The molecule has 26 heavy (non-hydrogen) atoms. The van der Waals surface area contributed by atoms with Gasteiger partial charge in [0, 0.05) is 33.1 Å². The molecule has 1 saturated heterocycles. The molecule has 1 aromatic carbocycles. The van der Waals surface area contributed by atoms with Crippen LogP contribution in [0.4, 0.5) is 15.9 Å². The van der Waals surface area contributed by atoms with Crippen molar-refractivity contribution < 1.29 is 17.6 Å². The highest BCUT2D eigenvalue weighted by Crippen LogP contribution is 2.19. The molecular weight excluding hydrogens is 359 g/mol. The molecule has 0 spiro atoms. The van der Waals surface area contributed by atoms with Crippen molar-refractivity contribution in [2.45, 2.75) is 11.8 Å². The predicted molar refractivity (Wildman–Crippen MR) is 95.9 cm³/mol. The molecule has 7 nitrogen and oxygen atoms in total. The fourth-order valence-corrected chi connectivity index (χ4v) is 3.76. The lowest BCUT2D eigenvalue weighted by molar-refractivity contribution is -0.129. The average Bonchev–Trinajstić information content (AvgIpc) is 2.62. The molecule has 2 heterocycles. The minimum atomic E-state index is -3.80. The van der Waals surface area contributed by atoms with Crippen LogP contribution in [0.2, 0.25) is 0 Å². The number of piperazine rings is 1. The zero-order chi connectivity index (χ0) is 18.7. The van der Waals surface area contributed by atoms with Gasteiger partial charge in [0.25, 0.3) is 10.0 Å². The third kappa shape index (κ3) is 4.10. The molecule has 1 fully saturated rings. The Hall–Kier alpha value is -2.68. The average molecular weight is 378 g/mol. The van der Waals surface area contributed by atoms with Crippen molar-refractivity contribution in [3.05, 3.63) is 48.4 Å². The molecule has 0 bridgehead atoms. The molecule has 138 valence electrons. The number of hydrogen-bond donors (Lipinski definition) is 1. The Labute approximate surface area is 151 Å². The lowest BCUT2D eigenvalue weighted by atomic mass is 10.3. The number of sulfonamides is 1. The summed E-state index contributed by atoms with van der Waals surface area (Å²) in [6.07, 6.45) is 1.44. The molecular formula is C17H19FN4O3S. The number of nitrogens with one attached hydrogen (secondary N) is 1. The van der Waals surface area contributed by atoms with Gasteiger partial charge in [-0.25, -0.2) is 17.8 Å². The maximum absolute atomic E-state index is 12.9.